The highest BCUT2D eigenvalue weighted by Gasteiger charge is 2.20. The first kappa shape index (κ1) is 17.5. The van der Waals surface area contributed by atoms with E-state index in [1.807, 2.05) is 37.6 Å². The zero-order valence-electron chi connectivity index (χ0n) is 14.6. The third kappa shape index (κ3) is 5.06. The first-order valence-electron chi connectivity index (χ1n) is 8.88. The summed E-state index contributed by atoms with van der Waals surface area (Å²) in [6, 6.07) is 7.93. The van der Waals surface area contributed by atoms with E-state index in [1.54, 1.807) is 4.68 Å². The minimum atomic E-state index is -0.209. The Morgan fingerprint density at radius 1 is 1.32 bits per heavy atom. The zero-order chi connectivity index (χ0) is 17.6. The van der Waals surface area contributed by atoms with Crippen LogP contribution in [0.25, 0.3) is 11.1 Å². The Kier molecular flexibility index (Phi) is 5.71. The van der Waals surface area contributed by atoms with Crippen LogP contribution in [0, 0.1) is 5.92 Å². The van der Waals surface area contributed by atoms with Crippen molar-refractivity contribution in [3.05, 3.63) is 42.2 Å². The molecular weight excluding hydrogens is 316 g/mol. The van der Waals surface area contributed by atoms with Crippen LogP contribution in [0.4, 0.5) is 4.79 Å². The molecule has 1 saturated carbocycles. The van der Waals surface area contributed by atoms with Gasteiger partial charge >= 0.3 is 6.03 Å². The summed E-state index contributed by atoms with van der Waals surface area (Å²) in [7, 11) is 1.89. The van der Waals surface area contributed by atoms with Gasteiger partial charge in [0.05, 0.1) is 12.3 Å². The van der Waals surface area contributed by atoms with Gasteiger partial charge in [0.15, 0.2) is 0 Å². The third-order valence-corrected chi connectivity index (χ3v) is 4.72. The van der Waals surface area contributed by atoms with Crippen molar-refractivity contribution < 1.29 is 9.90 Å². The first-order chi connectivity index (χ1) is 12.1. The standard InChI is InChI=1S/C19H26N4O2/c1-23-13-17(12-22-23)16-6-2-4-14(8-16)10-20-19(25)21-11-15-5-3-7-18(24)9-15/h2,4,6,8,12-13,15,18,24H,3,5,7,9-11H2,1H3,(H2,20,21,25). The summed E-state index contributed by atoms with van der Waals surface area (Å²) < 4.78 is 1.77. The second-order valence-electron chi connectivity index (χ2n) is 6.85. The van der Waals surface area contributed by atoms with Gasteiger partial charge in [0.1, 0.15) is 0 Å². The van der Waals surface area contributed by atoms with Crippen molar-refractivity contribution in [2.45, 2.75) is 38.3 Å². The fraction of sp³-hybridized carbons (Fsp3) is 0.474. The number of aromatic nitrogens is 2. The van der Waals surface area contributed by atoms with E-state index in [2.05, 4.69) is 21.8 Å². The van der Waals surface area contributed by atoms with E-state index in [-0.39, 0.29) is 12.1 Å². The van der Waals surface area contributed by atoms with Crippen molar-refractivity contribution in [3.63, 3.8) is 0 Å². The number of hydrogen-bond donors (Lipinski definition) is 3. The fourth-order valence-corrected chi connectivity index (χ4v) is 3.36. The third-order valence-electron chi connectivity index (χ3n) is 4.72. The maximum atomic E-state index is 12.0. The average Bonchev–Trinajstić information content (AvgIpc) is 3.05. The number of amides is 2. The van der Waals surface area contributed by atoms with Crippen LogP contribution in [0.3, 0.4) is 0 Å². The van der Waals surface area contributed by atoms with Gasteiger partial charge in [-0.25, -0.2) is 4.79 Å². The summed E-state index contributed by atoms with van der Waals surface area (Å²) in [5.74, 6) is 0.378. The summed E-state index contributed by atoms with van der Waals surface area (Å²) in [5, 5.41) is 19.7. The number of aryl methyl sites for hydroxylation is 1. The molecule has 1 aliphatic rings. The summed E-state index contributed by atoms with van der Waals surface area (Å²) in [6.07, 6.45) is 7.37. The van der Waals surface area contributed by atoms with E-state index in [0.717, 1.165) is 42.4 Å². The molecule has 25 heavy (non-hydrogen) atoms. The number of hydrogen-bond acceptors (Lipinski definition) is 3. The number of rotatable bonds is 5. The Balaban J connectivity index is 1.47. The second-order valence-corrected chi connectivity index (χ2v) is 6.85. The summed E-state index contributed by atoms with van der Waals surface area (Å²) in [5.41, 5.74) is 3.19. The molecule has 134 valence electrons. The van der Waals surface area contributed by atoms with Gasteiger partial charge in [-0.2, -0.15) is 5.10 Å². The van der Waals surface area contributed by atoms with E-state index in [1.165, 1.54) is 0 Å². The highest BCUT2D eigenvalue weighted by atomic mass is 16.3. The molecule has 0 radical (unpaired) electrons. The predicted molar refractivity (Wildman–Crippen MR) is 96.8 cm³/mol. The molecule has 1 aromatic carbocycles. The van der Waals surface area contributed by atoms with Gasteiger partial charge in [0.25, 0.3) is 0 Å². The number of carbonyl (C=O) groups excluding carboxylic acids is 1. The molecule has 3 N–H and O–H groups in total. The fourth-order valence-electron chi connectivity index (χ4n) is 3.36. The van der Waals surface area contributed by atoms with Crippen molar-refractivity contribution in [2.75, 3.05) is 6.54 Å². The van der Waals surface area contributed by atoms with Gasteiger partial charge in [0.2, 0.25) is 0 Å². The number of urea groups is 1. The Hall–Kier alpha value is -2.34. The normalized spacial score (nSPS) is 20.2. The van der Waals surface area contributed by atoms with Crippen molar-refractivity contribution in [1.82, 2.24) is 20.4 Å². The molecule has 6 nitrogen and oxygen atoms in total. The molecule has 2 aromatic rings. The lowest BCUT2D eigenvalue weighted by molar-refractivity contribution is 0.101. The van der Waals surface area contributed by atoms with Crippen molar-refractivity contribution in [2.24, 2.45) is 13.0 Å². The molecule has 2 unspecified atom stereocenters. The maximum absolute atomic E-state index is 12.0. The first-order valence-corrected chi connectivity index (χ1v) is 8.88. The summed E-state index contributed by atoms with van der Waals surface area (Å²) >= 11 is 0. The second kappa shape index (κ2) is 8.16. The number of benzene rings is 1. The van der Waals surface area contributed by atoms with Gasteiger partial charge in [-0.3, -0.25) is 4.68 Å². The molecule has 0 spiro atoms. The van der Waals surface area contributed by atoms with Crippen molar-refractivity contribution in [3.8, 4) is 11.1 Å². The lowest BCUT2D eigenvalue weighted by Crippen LogP contribution is -2.39. The van der Waals surface area contributed by atoms with Gasteiger partial charge < -0.3 is 15.7 Å². The number of nitrogens with one attached hydrogen (secondary N) is 2. The molecule has 0 aliphatic heterocycles. The van der Waals surface area contributed by atoms with Crippen molar-refractivity contribution >= 4 is 6.03 Å². The molecule has 2 amide bonds. The molecule has 1 aromatic heterocycles. The SMILES string of the molecule is Cn1cc(-c2cccc(CNC(=O)NCC3CCCC(O)C3)c2)cn1. The lowest BCUT2D eigenvalue weighted by Gasteiger charge is -2.25. The Bertz CT molecular complexity index is 713. The van der Waals surface area contributed by atoms with Crippen LogP contribution in [0.5, 0.6) is 0 Å². The molecule has 2 atom stereocenters. The van der Waals surface area contributed by atoms with Crippen LogP contribution < -0.4 is 10.6 Å². The average molecular weight is 342 g/mol. The monoisotopic (exact) mass is 342 g/mol. The summed E-state index contributed by atoms with van der Waals surface area (Å²) in [4.78, 5) is 12.0. The molecule has 3 rings (SSSR count). The Morgan fingerprint density at radius 3 is 2.96 bits per heavy atom. The van der Waals surface area contributed by atoms with Crippen LogP contribution in [-0.4, -0.2) is 33.6 Å². The Morgan fingerprint density at radius 2 is 2.20 bits per heavy atom. The van der Waals surface area contributed by atoms with Crippen LogP contribution in [-0.2, 0) is 13.6 Å². The number of nitrogens with zero attached hydrogens (tertiary/aromatic N) is 2. The molecule has 0 bridgehead atoms. The smallest absolute Gasteiger partial charge is 0.315 e. The van der Waals surface area contributed by atoms with Crippen LogP contribution in [0.15, 0.2) is 36.7 Å². The molecule has 1 aliphatic carbocycles. The maximum Gasteiger partial charge on any atom is 0.315 e. The zero-order valence-corrected chi connectivity index (χ0v) is 14.6. The van der Waals surface area contributed by atoms with E-state index in [4.69, 9.17) is 0 Å². The van der Waals surface area contributed by atoms with E-state index >= 15 is 0 Å². The van der Waals surface area contributed by atoms with Gasteiger partial charge in [-0.05, 0) is 42.4 Å². The van der Waals surface area contributed by atoms with Crippen molar-refractivity contribution in [1.29, 1.82) is 0 Å². The lowest BCUT2D eigenvalue weighted by atomic mass is 9.87. The van der Waals surface area contributed by atoms with E-state index in [0.29, 0.717) is 19.0 Å². The van der Waals surface area contributed by atoms with Crippen LogP contribution in [0.2, 0.25) is 0 Å². The van der Waals surface area contributed by atoms with E-state index < -0.39 is 0 Å². The van der Waals surface area contributed by atoms with Gasteiger partial charge in [-0.1, -0.05) is 24.6 Å². The topological polar surface area (TPSA) is 79.2 Å². The number of carbonyl (C=O) groups is 1. The highest BCUT2D eigenvalue weighted by molar-refractivity contribution is 5.74. The minimum Gasteiger partial charge on any atom is -0.393 e. The summed E-state index contributed by atoms with van der Waals surface area (Å²) in [6.45, 7) is 1.10. The number of aliphatic hydroxyl groups is 1. The quantitative estimate of drug-likeness (QED) is 0.781. The molecule has 6 heteroatoms. The number of aliphatic hydroxyl groups excluding tert-OH is 1. The van der Waals surface area contributed by atoms with E-state index in [9.17, 15) is 9.90 Å². The van der Waals surface area contributed by atoms with Gasteiger partial charge in [-0.15, -0.1) is 0 Å². The highest BCUT2D eigenvalue weighted by Crippen LogP contribution is 2.23. The largest absolute Gasteiger partial charge is 0.393 e. The van der Waals surface area contributed by atoms with Crippen LogP contribution in [0.1, 0.15) is 31.2 Å². The minimum absolute atomic E-state index is 0.160. The molecular formula is C19H26N4O2. The molecule has 0 saturated heterocycles. The Labute approximate surface area is 148 Å². The molecule has 1 fully saturated rings. The predicted octanol–water partition coefficient (Wildman–Crippen LogP) is 2.44. The van der Waals surface area contributed by atoms with Crippen LogP contribution >= 0.6 is 0 Å². The molecule has 1 heterocycles. The van der Waals surface area contributed by atoms with Gasteiger partial charge in [0, 0.05) is 31.9 Å².